The predicted octanol–water partition coefficient (Wildman–Crippen LogP) is 1.02. The standard InChI is InChI=1S/C13H25N3O3/c1-3-4-5-11(12(17)18)15-13(19)16(2)10-6-8-14-9-7-10/h10-11,14H,3-9H2,1-2H3,(H,15,19)(H,17,18). The number of aliphatic carboxylic acids is 1. The van der Waals surface area contributed by atoms with Crippen LogP contribution in [-0.2, 0) is 4.79 Å². The lowest BCUT2D eigenvalue weighted by Crippen LogP contribution is -2.51. The molecule has 0 aliphatic carbocycles. The van der Waals surface area contributed by atoms with Crippen LogP contribution in [0.3, 0.4) is 0 Å². The Balaban J connectivity index is 2.47. The zero-order chi connectivity index (χ0) is 14.3. The molecule has 0 saturated carbocycles. The Morgan fingerprint density at radius 3 is 2.58 bits per heavy atom. The van der Waals surface area contributed by atoms with Crippen LogP contribution in [0.15, 0.2) is 0 Å². The lowest BCUT2D eigenvalue weighted by Gasteiger charge is -2.32. The molecule has 19 heavy (non-hydrogen) atoms. The zero-order valence-electron chi connectivity index (χ0n) is 11.8. The van der Waals surface area contributed by atoms with Gasteiger partial charge in [-0.1, -0.05) is 19.8 Å². The molecule has 0 bridgehead atoms. The first-order valence-corrected chi connectivity index (χ1v) is 7.03. The van der Waals surface area contributed by atoms with Crippen molar-refractivity contribution in [2.24, 2.45) is 0 Å². The average Bonchev–Trinajstić information content (AvgIpc) is 2.43. The van der Waals surface area contributed by atoms with E-state index in [1.807, 2.05) is 6.92 Å². The van der Waals surface area contributed by atoms with Crippen molar-refractivity contribution in [1.29, 1.82) is 0 Å². The Morgan fingerprint density at radius 1 is 1.42 bits per heavy atom. The number of hydrogen-bond donors (Lipinski definition) is 3. The third-order valence-corrected chi connectivity index (χ3v) is 3.62. The highest BCUT2D eigenvalue weighted by Crippen LogP contribution is 2.10. The second kappa shape index (κ2) is 7.99. The van der Waals surface area contributed by atoms with Gasteiger partial charge < -0.3 is 20.6 Å². The predicted molar refractivity (Wildman–Crippen MR) is 73.1 cm³/mol. The molecule has 1 fully saturated rings. The monoisotopic (exact) mass is 271 g/mol. The second-order valence-corrected chi connectivity index (χ2v) is 5.07. The third-order valence-electron chi connectivity index (χ3n) is 3.62. The van der Waals surface area contributed by atoms with Gasteiger partial charge in [-0.15, -0.1) is 0 Å². The van der Waals surface area contributed by atoms with Gasteiger partial charge in [-0.3, -0.25) is 0 Å². The van der Waals surface area contributed by atoms with Gasteiger partial charge in [-0.25, -0.2) is 9.59 Å². The second-order valence-electron chi connectivity index (χ2n) is 5.07. The van der Waals surface area contributed by atoms with Crippen LogP contribution in [0.5, 0.6) is 0 Å². The van der Waals surface area contributed by atoms with E-state index >= 15 is 0 Å². The number of hydrogen-bond acceptors (Lipinski definition) is 3. The largest absolute Gasteiger partial charge is 0.480 e. The van der Waals surface area contributed by atoms with Crippen LogP contribution >= 0.6 is 0 Å². The molecule has 110 valence electrons. The molecule has 1 aliphatic heterocycles. The van der Waals surface area contributed by atoms with E-state index < -0.39 is 12.0 Å². The molecule has 0 spiro atoms. The SMILES string of the molecule is CCCCC(NC(=O)N(C)C1CCNCC1)C(=O)O. The summed E-state index contributed by atoms with van der Waals surface area (Å²) in [5.74, 6) is -0.958. The van der Waals surface area contributed by atoms with Crippen molar-refractivity contribution in [1.82, 2.24) is 15.5 Å². The first kappa shape index (κ1) is 15.8. The molecular formula is C13H25N3O3. The number of nitrogens with one attached hydrogen (secondary N) is 2. The average molecular weight is 271 g/mol. The molecule has 1 aliphatic rings. The van der Waals surface area contributed by atoms with Crippen molar-refractivity contribution in [2.45, 2.75) is 51.1 Å². The highest BCUT2D eigenvalue weighted by Gasteiger charge is 2.25. The Kier molecular flexibility index (Phi) is 6.62. The number of carbonyl (C=O) groups is 2. The van der Waals surface area contributed by atoms with Gasteiger partial charge in [0.15, 0.2) is 0 Å². The Hall–Kier alpha value is -1.30. The quantitative estimate of drug-likeness (QED) is 0.674. The Bertz CT molecular complexity index is 304. The van der Waals surface area contributed by atoms with Gasteiger partial charge in [0, 0.05) is 13.1 Å². The maximum atomic E-state index is 12.1. The lowest BCUT2D eigenvalue weighted by atomic mass is 10.1. The minimum atomic E-state index is -0.958. The topological polar surface area (TPSA) is 81.7 Å². The molecule has 1 rings (SSSR count). The van der Waals surface area contributed by atoms with Gasteiger partial charge in [0.05, 0.1) is 0 Å². The first-order chi connectivity index (χ1) is 9.06. The molecule has 6 nitrogen and oxygen atoms in total. The van der Waals surface area contributed by atoms with Gasteiger partial charge in [-0.05, 0) is 32.4 Å². The number of rotatable bonds is 6. The molecule has 0 aromatic rings. The number of amides is 2. The number of carbonyl (C=O) groups excluding carboxylic acids is 1. The van der Waals surface area contributed by atoms with E-state index in [0.29, 0.717) is 6.42 Å². The fourth-order valence-corrected chi connectivity index (χ4v) is 2.28. The highest BCUT2D eigenvalue weighted by atomic mass is 16.4. The summed E-state index contributed by atoms with van der Waals surface area (Å²) in [6, 6.07) is -0.867. The maximum Gasteiger partial charge on any atom is 0.326 e. The van der Waals surface area contributed by atoms with Crippen LogP contribution in [0, 0.1) is 0 Å². The van der Waals surface area contributed by atoms with Gasteiger partial charge in [0.1, 0.15) is 6.04 Å². The molecule has 3 N–H and O–H groups in total. The van der Waals surface area contributed by atoms with Crippen molar-refractivity contribution in [3.8, 4) is 0 Å². The molecule has 6 heteroatoms. The van der Waals surface area contributed by atoms with Gasteiger partial charge >= 0.3 is 12.0 Å². The molecular weight excluding hydrogens is 246 g/mol. The Labute approximate surface area is 114 Å². The van der Waals surface area contributed by atoms with Gasteiger partial charge in [0.25, 0.3) is 0 Å². The molecule has 1 saturated heterocycles. The fourth-order valence-electron chi connectivity index (χ4n) is 2.28. The third kappa shape index (κ3) is 5.06. The summed E-state index contributed by atoms with van der Waals surface area (Å²) in [6.07, 6.45) is 4.03. The zero-order valence-corrected chi connectivity index (χ0v) is 11.8. The van der Waals surface area contributed by atoms with E-state index in [4.69, 9.17) is 5.11 Å². The summed E-state index contributed by atoms with van der Waals surface area (Å²) in [5, 5.41) is 15.0. The number of carboxylic acids is 1. The fraction of sp³-hybridized carbons (Fsp3) is 0.846. The van der Waals surface area contributed by atoms with Crippen molar-refractivity contribution in [3.05, 3.63) is 0 Å². The lowest BCUT2D eigenvalue weighted by molar-refractivity contribution is -0.139. The molecule has 1 atom stereocenters. The van der Waals surface area contributed by atoms with Gasteiger partial charge in [-0.2, -0.15) is 0 Å². The number of urea groups is 1. The highest BCUT2D eigenvalue weighted by molar-refractivity contribution is 5.82. The van der Waals surface area contributed by atoms with E-state index in [1.54, 1.807) is 11.9 Å². The number of unbranched alkanes of at least 4 members (excludes halogenated alkanes) is 1. The van der Waals surface area contributed by atoms with Crippen LogP contribution in [0.25, 0.3) is 0 Å². The van der Waals surface area contributed by atoms with Crippen LogP contribution in [-0.4, -0.2) is 54.2 Å². The van der Waals surface area contributed by atoms with Crippen LogP contribution in [0.4, 0.5) is 4.79 Å². The van der Waals surface area contributed by atoms with E-state index in [-0.39, 0.29) is 12.1 Å². The van der Waals surface area contributed by atoms with E-state index in [9.17, 15) is 9.59 Å². The van der Waals surface area contributed by atoms with E-state index in [1.165, 1.54) is 0 Å². The van der Waals surface area contributed by atoms with E-state index in [2.05, 4.69) is 10.6 Å². The minimum absolute atomic E-state index is 0.196. The molecule has 0 aromatic carbocycles. The van der Waals surface area contributed by atoms with Crippen LogP contribution < -0.4 is 10.6 Å². The van der Waals surface area contributed by atoms with Gasteiger partial charge in [0.2, 0.25) is 0 Å². The van der Waals surface area contributed by atoms with Crippen molar-refractivity contribution < 1.29 is 14.7 Å². The summed E-state index contributed by atoms with van der Waals surface area (Å²) >= 11 is 0. The summed E-state index contributed by atoms with van der Waals surface area (Å²) < 4.78 is 0. The summed E-state index contributed by atoms with van der Waals surface area (Å²) in [5.41, 5.74) is 0. The number of nitrogens with zero attached hydrogens (tertiary/aromatic N) is 1. The minimum Gasteiger partial charge on any atom is -0.480 e. The summed E-state index contributed by atoms with van der Waals surface area (Å²) in [7, 11) is 1.74. The number of carboxylic acid groups (broad SMARTS) is 1. The molecule has 2 amide bonds. The van der Waals surface area contributed by atoms with Crippen LogP contribution in [0.1, 0.15) is 39.0 Å². The summed E-state index contributed by atoms with van der Waals surface area (Å²) in [4.78, 5) is 24.8. The van der Waals surface area contributed by atoms with Crippen molar-refractivity contribution in [3.63, 3.8) is 0 Å². The first-order valence-electron chi connectivity index (χ1n) is 7.03. The maximum absolute atomic E-state index is 12.1. The van der Waals surface area contributed by atoms with Crippen molar-refractivity contribution >= 4 is 12.0 Å². The molecule has 1 unspecified atom stereocenters. The molecule has 1 heterocycles. The molecule has 0 radical (unpaired) electrons. The smallest absolute Gasteiger partial charge is 0.326 e. The Morgan fingerprint density at radius 2 is 2.05 bits per heavy atom. The van der Waals surface area contributed by atoms with Crippen LogP contribution in [0.2, 0.25) is 0 Å². The van der Waals surface area contributed by atoms with E-state index in [0.717, 1.165) is 38.8 Å². The normalized spacial score (nSPS) is 17.8. The van der Waals surface area contributed by atoms with Crippen molar-refractivity contribution in [2.75, 3.05) is 20.1 Å². The number of piperidine rings is 1. The molecule has 0 aromatic heterocycles. The summed E-state index contributed by atoms with van der Waals surface area (Å²) in [6.45, 7) is 3.81.